The summed E-state index contributed by atoms with van der Waals surface area (Å²) in [6.45, 7) is 2.87. The molecule has 16 heavy (non-hydrogen) atoms. The number of benzene rings is 1. The van der Waals surface area contributed by atoms with Gasteiger partial charge in [-0.2, -0.15) is 0 Å². The molecule has 0 fully saturated rings. The minimum atomic E-state index is 0.00166. The fraction of sp³-hybridized carbons (Fsp3) is 0.500. The van der Waals surface area contributed by atoms with Crippen LogP contribution < -0.4 is 5.73 Å². The Morgan fingerprint density at radius 3 is 2.75 bits per heavy atom. The highest BCUT2D eigenvalue weighted by molar-refractivity contribution is 9.10. The average Bonchev–Trinajstić information content (AvgIpc) is 2.25. The summed E-state index contributed by atoms with van der Waals surface area (Å²) < 4.78 is 6.03. The van der Waals surface area contributed by atoms with Gasteiger partial charge in [-0.05, 0) is 30.0 Å². The molecule has 0 radical (unpaired) electrons. The number of hydrogen-bond donors (Lipinski definition) is 1. The Kier molecular flexibility index (Phi) is 5.76. The molecule has 0 amide bonds. The molecule has 0 aromatic heterocycles. The van der Waals surface area contributed by atoms with Crippen LogP contribution in [-0.4, -0.2) is 13.7 Å². The van der Waals surface area contributed by atoms with E-state index in [4.69, 9.17) is 22.1 Å². The molecular weight excluding hydrogens is 289 g/mol. The van der Waals surface area contributed by atoms with Crippen molar-refractivity contribution in [3.63, 3.8) is 0 Å². The highest BCUT2D eigenvalue weighted by Gasteiger charge is 2.17. The molecule has 1 aromatic rings. The van der Waals surface area contributed by atoms with Crippen LogP contribution >= 0.6 is 27.5 Å². The molecule has 0 aliphatic rings. The Hall–Kier alpha value is -0.0900. The van der Waals surface area contributed by atoms with Gasteiger partial charge in [0, 0.05) is 29.3 Å². The van der Waals surface area contributed by atoms with Crippen molar-refractivity contribution < 1.29 is 4.74 Å². The predicted octanol–water partition coefficient (Wildman–Crippen LogP) is 3.77. The van der Waals surface area contributed by atoms with Crippen LogP contribution in [0.4, 0.5) is 0 Å². The molecule has 0 spiro atoms. The maximum atomic E-state index is 6.20. The zero-order valence-electron chi connectivity index (χ0n) is 9.54. The number of ether oxygens (including phenoxy) is 1. The van der Waals surface area contributed by atoms with E-state index in [0.29, 0.717) is 10.9 Å². The molecule has 0 bridgehead atoms. The molecule has 90 valence electrons. The van der Waals surface area contributed by atoms with Crippen molar-refractivity contribution in [3.05, 3.63) is 33.3 Å². The Bertz CT molecular complexity index is 346. The zero-order valence-corrected chi connectivity index (χ0v) is 11.9. The number of hydrogen-bond acceptors (Lipinski definition) is 2. The second-order valence-electron chi connectivity index (χ2n) is 3.95. The molecule has 2 atom stereocenters. The summed E-state index contributed by atoms with van der Waals surface area (Å²) in [6.07, 6.45) is 0.951. The van der Waals surface area contributed by atoms with Crippen molar-refractivity contribution in [2.45, 2.75) is 19.4 Å². The maximum absolute atomic E-state index is 6.20. The Labute approximate surface area is 110 Å². The van der Waals surface area contributed by atoms with Crippen LogP contribution in [0.15, 0.2) is 22.7 Å². The summed E-state index contributed by atoms with van der Waals surface area (Å²) in [5.74, 6) is 0.373. The minimum Gasteiger partial charge on any atom is -0.385 e. The second-order valence-corrected chi connectivity index (χ2v) is 5.24. The van der Waals surface area contributed by atoms with Gasteiger partial charge in [0.05, 0.1) is 0 Å². The maximum Gasteiger partial charge on any atom is 0.0465 e. The van der Waals surface area contributed by atoms with Gasteiger partial charge in [0.1, 0.15) is 0 Å². The van der Waals surface area contributed by atoms with Crippen LogP contribution in [0.25, 0.3) is 0 Å². The van der Waals surface area contributed by atoms with Crippen molar-refractivity contribution in [2.75, 3.05) is 13.7 Å². The van der Waals surface area contributed by atoms with Gasteiger partial charge in [-0.1, -0.05) is 40.5 Å². The SMILES string of the molecule is COCCC(C)C(N)c1ccc(Cl)cc1Br. The third-order valence-electron chi connectivity index (χ3n) is 2.71. The van der Waals surface area contributed by atoms with Crippen LogP contribution in [0.3, 0.4) is 0 Å². The summed E-state index contributed by atoms with van der Waals surface area (Å²) >= 11 is 9.38. The lowest BCUT2D eigenvalue weighted by Gasteiger charge is -2.21. The fourth-order valence-corrected chi connectivity index (χ4v) is 2.51. The Morgan fingerprint density at radius 2 is 2.19 bits per heavy atom. The van der Waals surface area contributed by atoms with Crippen LogP contribution in [0.1, 0.15) is 24.9 Å². The second kappa shape index (κ2) is 6.60. The molecule has 2 nitrogen and oxygen atoms in total. The van der Waals surface area contributed by atoms with Gasteiger partial charge in [-0.25, -0.2) is 0 Å². The molecule has 4 heteroatoms. The first-order chi connectivity index (χ1) is 7.56. The highest BCUT2D eigenvalue weighted by Crippen LogP contribution is 2.30. The van der Waals surface area contributed by atoms with E-state index in [1.165, 1.54) is 0 Å². The number of nitrogens with two attached hydrogens (primary N) is 1. The predicted molar refractivity (Wildman–Crippen MR) is 71.7 cm³/mol. The molecule has 2 N–H and O–H groups in total. The molecule has 1 rings (SSSR count). The smallest absolute Gasteiger partial charge is 0.0465 e. The van der Waals surface area contributed by atoms with E-state index in [0.717, 1.165) is 23.1 Å². The number of methoxy groups -OCH3 is 1. The van der Waals surface area contributed by atoms with Crippen molar-refractivity contribution in [1.29, 1.82) is 0 Å². The lowest BCUT2D eigenvalue weighted by Crippen LogP contribution is -2.20. The first-order valence-electron chi connectivity index (χ1n) is 5.25. The van der Waals surface area contributed by atoms with Crippen LogP contribution in [0.5, 0.6) is 0 Å². The van der Waals surface area contributed by atoms with Crippen molar-refractivity contribution in [3.8, 4) is 0 Å². The summed E-state index contributed by atoms with van der Waals surface area (Å²) in [5, 5.41) is 0.715. The van der Waals surface area contributed by atoms with Crippen molar-refractivity contribution in [1.82, 2.24) is 0 Å². The molecular formula is C12H17BrClNO. The highest BCUT2D eigenvalue weighted by atomic mass is 79.9. The van der Waals surface area contributed by atoms with E-state index in [-0.39, 0.29) is 6.04 Å². The molecule has 0 heterocycles. The van der Waals surface area contributed by atoms with E-state index >= 15 is 0 Å². The molecule has 0 aliphatic heterocycles. The van der Waals surface area contributed by atoms with Gasteiger partial charge < -0.3 is 10.5 Å². The monoisotopic (exact) mass is 305 g/mol. The standard InChI is InChI=1S/C12H17BrClNO/c1-8(5-6-16-2)12(15)10-4-3-9(14)7-11(10)13/h3-4,7-8,12H,5-6,15H2,1-2H3. The fourth-order valence-electron chi connectivity index (χ4n) is 1.56. The summed E-state index contributed by atoms with van der Waals surface area (Å²) in [5.41, 5.74) is 7.29. The Morgan fingerprint density at radius 1 is 1.50 bits per heavy atom. The lowest BCUT2D eigenvalue weighted by atomic mass is 9.93. The molecule has 0 saturated heterocycles. The largest absolute Gasteiger partial charge is 0.385 e. The minimum absolute atomic E-state index is 0.00166. The first kappa shape index (κ1) is 14.0. The molecule has 1 aromatic carbocycles. The van der Waals surface area contributed by atoms with E-state index in [9.17, 15) is 0 Å². The average molecular weight is 307 g/mol. The first-order valence-corrected chi connectivity index (χ1v) is 6.42. The van der Waals surface area contributed by atoms with Crippen LogP contribution in [0.2, 0.25) is 5.02 Å². The Balaban J connectivity index is 2.75. The van der Waals surface area contributed by atoms with Gasteiger partial charge in [0.25, 0.3) is 0 Å². The van der Waals surface area contributed by atoms with E-state index in [1.54, 1.807) is 7.11 Å². The van der Waals surface area contributed by atoms with E-state index in [1.807, 2.05) is 18.2 Å². The molecule has 0 aliphatic carbocycles. The van der Waals surface area contributed by atoms with E-state index < -0.39 is 0 Å². The summed E-state index contributed by atoms with van der Waals surface area (Å²) in [6, 6.07) is 5.71. The van der Waals surface area contributed by atoms with Gasteiger partial charge in [0.15, 0.2) is 0 Å². The van der Waals surface area contributed by atoms with Gasteiger partial charge in [0.2, 0.25) is 0 Å². The zero-order chi connectivity index (χ0) is 12.1. The topological polar surface area (TPSA) is 35.2 Å². The normalized spacial score (nSPS) is 14.8. The number of halogens is 2. The molecule has 2 unspecified atom stereocenters. The van der Waals surface area contributed by atoms with Crippen LogP contribution in [-0.2, 0) is 4.74 Å². The van der Waals surface area contributed by atoms with Crippen molar-refractivity contribution in [2.24, 2.45) is 11.7 Å². The third-order valence-corrected chi connectivity index (χ3v) is 3.63. The van der Waals surface area contributed by atoms with Crippen LogP contribution in [0, 0.1) is 5.92 Å². The van der Waals surface area contributed by atoms with Gasteiger partial charge >= 0.3 is 0 Å². The summed E-state index contributed by atoms with van der Waals surface area (Å²) in [7, 11) is 1.70. The molecule has 0 saturated carbocycles. The van der Waals surface area contributed by atoms with E-state index in [2.05, 4.69) is 22.9 Å². The summed E-state index contributed by atoms with van der Waals surface area (Å²) in [4.78, 5) is 0. The quantitative estimate of drug-likeness (QED) is 0.898. The lowest BCUT2D eigenvalue weighted by molar-refractivity contribution is 0.174. The van der Waals surface area contributed by atoms with Crippen molar-refractivity contribution >= 4 is 27.5 Å². The number of rotatable bonds is 5. The third kappa shape index (κ3) is 3.74. The van der Waals surface area contributed by atoms with Gasteiger partial charge in [-0.3, -0.25) is 0 Å². The van der Waals surface area contributed by atoms with Gasteiger partial charge in [-0.15, -0.1) is 0 Å².